The van der Waals surface area contributed by atoms with E-state index in [1.807, 2.05) is 31.2 Å². The van der Waals surface area contributed by atoms with E-state index in [-0.39, 0.29) is 24.5 Å². The van der Waals surface area contributed by atoms with Crippen LogP contribution in [0.3, 0.4) is 0 Å². The number of nitrogens with zero attached hydrogens (tertiary/aromatic N) is 1. The number of esters is 1. The van der Waals surface area contributed by atoms with Gasteiger partial charge in [-0.2, -0.15) is 0 Å². The van der Waals surface area contributed by atoms with Gasteiger partial charge < -0.3 is 19.5 Å². The number of Topliss-reactive ketones (excluding diaryl/α,β-unsaturated/α-hetero) is 1. The number of aliphatic hydroxyl groups is 1. The van der Waals surface area contributed by atoms with Crippen LogP contribution in [0.2, 0.25) is 0 Å². The summed E-state index contributed by atoms with van der Waals surface area (Å²) in [5.41, 5.74) is 3.26. The van der Waals surface area contributed by atoms with Gasteiger partial charge in [-0.25, -0.2) is 4.79 Å². The highest BCUT2D eigenvalue weighted by molar-refractivity contribution is 6.46. The standard InChI is InChI=1S/C32H33NO6/c1-5-38-32(37)24-11-9-22(10-12-24)18-33-28(25-8-6-7-21(4)17-25)27(30(35)31(33)36)29(34)23-13-15-26(16-14-23)39-19-20(2)3/h6-17,20,28,34H,5,18-19H2,1-4H3/b29-27+. The predicted octanol–water partition coefficient (Wildman–Crippen LogP) is 5.83. The lowest BCUT2D eigenvalue weighted by molar-refractivity contribution is -0.140. The Labute approximate surface area is 228 Å². The predicted molar refractivity (Wildman–Crippen MR) is 148 cm³/mol. The van der Waals surface area contributed by atoms with Crippen molar-refractivity contribution < 1.29 is 29.0 Å². The van der Waals surface area contributed by atoms with Crippen molar-refractivity contribution >= 4 is 23.4 Å². The zero-order chi connectivity index (χ0) is 28.1. The van der Waals surface area contributed by atoms with Crippen molar-refractivity contribution in [2.24, 2.45) is 5.92 Å². The van der Waals surface area contributed by atoms with Crippen molar-refractivity contribution in [1.82, 2.24) is 4.90 Å². The lowest BCUT2D eigenvalue weighted by atomic mass is 9.94. The number of rotatable bonds is 9. The van der Waals surface area contributed by atoms with Crippen LogP contribution in [0.15, 0.2) is 78.4 Å². The van der Waals surface area contributed by atoms with Gasteiger partial charge in [0.15, 0.2) is 0 Å². The van der Waals surface area contributed by atoms with Crippen LogP contribution >= 0.6 is 0 Å². The second kappa shape index (κ2) is 12.0. The number of amides is 1. The lowest BCUT2D eigenvalue weighted by Crippen LogP contribution is -2.29. The summed E-state index contributed by atoms with van der Waals surface area (Å²) < 4.78 is 10.8. The molecule has 0 spiro atoms. The van der Waals surface area contributed by atoms with E-state index in [0.717, 1.165) is 16.7 Å². The fourth-order valence-electron chi connectivity index (χ4n) is 4.51. The van der Waals surface area contributed by atoms with E-state index in [1.165, 1.54) is 4.90 Å². The molecule has 1 aliphatic rings. The molecule has 0 aromatic heterocycles. The minimum absolute atomic E-state index is 0.0320. The van der Waals surface area contributed by atoms with Gasteiger partial charge >= 0.3 is 5.97 Å². The molecule has 0 bridgehead atoms. The molecular formula is C32H33NO6. The number of likely N-dealkylation sites (tertiary alicyclic amines) is 1. The average Bonchev–Trinajstić information content (AvgIpc) is 3.17. The highest BCUT2D eigenvalue weighted by Crippen LogP contribution is 2.40. The van der Waals surface area contributed by atoms with Gasteiger partial charge in [0.05, 0.1) is 30.4 Å². The van der Waals surface area contributed by atoms with E-state index in [2.05, 4.69) is 13.8 Å². The summed E-state index contributed by atoms with van der Waals surface area (Å²) in [6.07, 6.45) is 0. The van der Waals surface area contributed by atoms with E-state index in [1.54, 1.807) is 55.5 Å². The molecule has 0 radical (unpaired) electrons. The minimum Gasteiger partial charge on any atom is -0.507 e. The van der Waals surface area contributed by atoms with Gasteiger partial charge in [-0.1, -0.05) is 55.8 Å². The Morgan fingerprint density at radius 3 is 2.26 bits per heavy atom. The SMILES string of the molecule is CCOC(=O)c1ccc(CN2C(=O)C(=O)/C(=C(/O)c3ccc(OCC(C)C)cc3)C2c2cccc(C)c2)cc1. The Morgan fingerprint density at radius 2 is 1.64 bits per heavy atom. The van der Waals surface area contributed by atoms with Crippen LogP contribution in [-0.2, 0) is 20.9 Å². The van der Waals surface area contributed by atoms with Crippen molar-refractivity contribution in [1.29, 1.82) is 0 Å². The molecule has 1 atom stereocenters. The quantitative estimate of drug-likeness (QED) is 0.163. The number of ether oxygens (including phenoxy) is 2. The fraction of sp³-hybridized carbons (Fsp3) is 0.281. The van der Waals surface area contributed by atoms with E-state index in [0.29, 0.717) is 29.4 Å². The van der Waals surface area contributed by atoms with Gasteiger partial charge in [-0.3, -0.25) is 9.59 Å². The highest BCUT2D eigenvalue weighted by atomic mass is 16.5. The van der Waals surface area contributed by atoms with Crippen LogP contribution in [0.25, 0.3) is 5.76 Å². The largest absolute Gasteiger partial charge is 0.507 e. The van der Waals surface area contributed by atoms with Gasteiger partial charge in [0.2, 0.25) is 0 Å². The monoisotopic (exact) mass is 527 g/mol. The molecule has 3 aromatic carbocycles. The minimum atomic E-state index is -0.786. The topological polar surface area (TPSA) is 93.1 Å². The number of carbonyl (C=O) groups excluding carboxylic acids is 3. The zero-order valence-electron chi connectivity index (χ0n) is 22.6. The summed E-state index contributed by atoms with van der Waals surface area (Å²) in [4.78, 5) is 40.2. The van der Waals surface area contributed by atoms with Crippen molar-refractivity contribution in [2.75, 3.05) is 13.2 Å². The van der Waals surface area contributed by atoms with Crippen LogP contribution in [0.4, 0.5) is 0 Å². The Bertz CT molecular complexity index is 1390. The van der Waals surface area contributed by atoms with Gasteiger partial charge in [-0.15, -0.1) is 0 Å². The van der Waals surface area contributed by atoms with Crippen LogP contribution in [-0.4, -0.2) is 40.9 Å². The van der Waals surface area contributed by atoms with Gasteiger partial charge in [0.1, 0.15) is 11.5 Å². The summed E-state index contributed by atoms with van der Waals surface area (Å²) in [6.45, 7) is 8.73. The molecule has 7 nitrogen and oxygen atoms in total. The molecule has 1 aliphatic heterocycles. The molecule has 1 saturated heterocycles. The summed E-state index contributed by atoms with van der Waals surface area (Å²) in [5.74, 6) is -1.09. The smallest absolute Gasteiger partial charge is 0.338 e. The Kier molecular flexibility index (Phi) is 8.49. The molecule has 202 valence electrons. The van der Waals surface area contributed by atoms with Crippen LogP contribution < -0.4 is 4.74 Å². The average molecular weight is 528 g/mol. The first-order chi connectivity index (χ1) is 18.7. The molecule has 1 fully saturated rings. The number of aliphatic hydroxyl groups excluding tert-OH is 1. The third-order valence-corrected chi connectivity index (χ3v) is 6.43. The molecule has 1 N–H and O–H groups in total. The molecule has 1 unspecified atom stereocenters. The summed E-state index contributed by atoms with van der Waals surface area (Å²) in [7, 11) is 0. The lowest BCUT2D eigenvalue weighted by Gasteiger charge is -2.26. The Balaban J connectivity index is 1.71. The Hall–Kier alpha value is -4.39. The molecule has 7 heteroatoms. The number of carbonyl (C=O) groups is 3. The van der Waals surface area contributed by atoms with Crippen molar-refractivity contribution in [3.8, 4) is 5.75 Å². The first-order valence-corrected chi connectivity index (χ1v) is 13.0. The van der Waals surface area contributed by atoms with Gasteiger partial charge in [0.25, 0.3) is 11.7 Å². The second-order valence-corrected chi connectivity index (χ2v) is 9.99. The molecule has 1 amide bonds. The van der Waals surface area contributed by atoms with E-state index < -0.39 is 23.7 Å². The number of benzene rings is 3. The van der Waals surface area contributed by atoms with Crippen molar-refractivity contribution in [2.45, 2.75) is 40.3 Å². The van der Waals surface area contributed by atoms with Crippen molar-refractivity contribution in [3.63, 3.8) is 0 Å². The maximum atomic E-state index is 13.4. The summed E-state index contributed by atoms with van der Waals surface area (Å²) in [5, 5.41) is 11.3. The van der Waals surface area contributed by atoms with E-state index in [9.17, 15) is 19.5 Å². The number of aryl methyl sites for hydroxylation is 1. The molecule has 4 rings (SSSR count). The normalized spacial score (nSPS) is 16.5. The maximum Gasteiger partial charge on any atom is 0.338 e. The molecule has 3 aromatic rings. The second-order valence-electron chi connectivity index (χ2n) is 9.99. The Morgan fingerprint density at radius 1 is 0.974 bits per heavy atom. The van der Waals surface area contributed by atoms with Crippen LogP contribution in [0.5, 0.6) is 5.75 Å². The first-order valence-electron chi connectivity index (χ1n) is 13.0. The number of ketones is 1. The highest BCUT2D eigenvalue weighted by Gasteiger charge is 2.46. The fourth-order valence-corrected chi connectivity index (χ4v) is 4.51. The van der Waals surface area contributed by atoms with Crippen molar-refractivity contribution in [3.05, 3.63) is 106 Å². The number of hydrogen-bond acceptors (Lipinski definition) is 6. The summed E-state index contributed by atoms with van der Waals surface area (Å²) in [6, 6.07) is 20.3. The van der Waals surface area contributed by atoms with Gasteiger partial charge in [-0.05, 0) is 67.3 Å². The van der Waals surface area contributed by atoms with Crippen LogP contribution in [0, 0.1) is 12.8 Å². The van der Waals surface area contributed by atoms with Gasteiger partial charge in [0, 0.05) is 12.1 Å². The molecule has 0 aliphatic carbocycles. The molecular weight excluding hydrogens is 494 g/mol. The van der Waals surface area contributed by atoms with E-state index >= 15 is 0 Å². The number of hydrogen-bond donors (Lipinski definition) is 1. The molecule has 0 saturated carbocycles. The maximum absolute atomic E-state index is 13.4. The molecule has 39 heavy (non-hydrogen) atoms. The van der Waals surface area contributed by atoms with Crippen LogP contribution in [0.1, 0.15) is 59.4 Å². The summed E-state index contributed by atoms with van der Waals surface area (Å²) >= 11 is 0. The third-order valence-electron chi connectivity index (χ3n) is 6.43. The van der Waals surface area contributed by atoms with E-state index in [4.69, 9.17) is 9.47 Å². The third kappa shape index (κ3) is 6.20. The first kappa shape index (κ1) is 27.6. The zero-order valence-corrected chi connectivity index (χ0v) is 22.6. The molecule has 1 heterocycles.